The summed E-state index contributed by atoms with van der Waals surface area (Å²) < 4.78 is 0. The Hall–Kier alpha value is -2.18. The number of hydrogen-bond acceptors (Lipinski definition) is 4. The summed E-state index contributed by atoms with van der Waals surface area (Å²) in [5.41, 5.74) is 1.12. The van der Waals surface area contributed by atoms with Crippen LogP contribution < -0.4 is 5.32 Å². The van der Waals surface area contributed by atoms with Crippen LogP contribution in [-0.2, 0) is 11.3 Å². The molecule has 0 saturated carbocycles. The first-order valence-electron chi connectivity index (χ1n) is 13.0. The van der Waals surface area contributed by atoms with Gasteiger partial charge in [-0.25, -0.2) is 0 Å². The number of benzene rings is 1. The van der Waals surface area contributed by atoms with Gasteiger partial charge in [-0.2, -0.15) is 0 Å². The number of carbonyl (C=O) groups excluding carboxylic acids is 2. The van der Waals surface area contributed by atoms with Crippen LogP contribution in [0.4, 0.5) is 0 Å². The van der Waals surface area contributed by atoms with Crippen LogP contribution in [0.5, 0.6) is 0 Å². The lowest BCUT2D eigenvalue weighted by atomic mass is 9.69. The zero-order valence-corrected chi connectivity index (χ0v) is 21.1. The molecule has 1 aromatic heterocycles. The number of carbonyl (C=O) groups is 2. The Bertz CT molecular complexity index is 989. The first kappa shape index (κ1) is 23.6. The van der Waals surface area contributed by atoms with Gasteiger partial charge in [-0.15, -0.1) is 11.3 Å². The van der Waals surface area contributed by atoms with Gasteiger partial charge in [0.05, 0.1) is 4.88 Å². The second kappa shape index (κ2) is 10.6. The van der Waals surface area contributed by atoms with Crippen LogP contribution in [-0.4, -0.2) is 53.3 Å². The van der Waals surface area contributed by atoms with E-state index in [2.05, 4.69) is 28.1 Å². The molecule has 5 rings (SSSR count). The normalized spacial score (nSPS) is 26.7. The Labute approximate surface area is 207 Å². The average Bonchev–Trinajstić information content (AvgIpc) is 3.30. The van der Waals surface area contributed by atoms with Crippen LogP contribution in [0, 0.1) is 18.8 Å². The summed E-state index contributed by atoms with van der Waals surface area (Å²) in [7, 11) is 0. The van der Waals surface area contributed by atoms with Crippen molar-refractivity contribution < 1.29 is 9.59 Å². The Morgan fingerprint density at radius 3 is 2.62 bits per heavy atom. The van der Waals surface area contributed by atoms with Gasteiger partial charge in [-0.05, 0) is 88.1 Å². The van der Waals surface area contributed by atoms with Gasteiger partial charge in [0.25, 0.3) is 5.91 Å². The first-order chi connectivity index (χ1) is 16.6. The van der Waals surface area contributed by atoms with Crippen molar-refractivity contribution >= 4 is 23.2 Å². The molecule has 0 aliphatic carbocycles. The lowest BCUT2D eigenvalue weighted by Gasteiger charge is -2.57. The number of rotatable bonds is 7. The minimum Gasteiger partial charge on any atom is -0.352 e. The highest BCUT2D eigenvalue weighted by Crippen LogP contribution is 2.44. The summed E-state index contributed by atoms with van der Waals surface area (Å²) in [5.74, 6) is 1.43. The van der Waals surface area contributed by atoms with Gasteiger partial charge in [0.2, 0.25) is 5.91 Å². The predicted molar refractivity (Wildman–Crippen MR) is 137 cm³/mol. The van der Waals surface area contributed by atoms with Crippen molar-refractivity contribution in [2.45, 2.75) is 70.5 Å². The number of aryl methyl sites for hydroxylation is 1. The molecule has 3 fully saturated rings. The van der Waals surface area contributed by atoms with Gasteiger partial charge < -0.3 is 10.2 Å². The van der Waals surface area contributed by atoms with Crippen LogP contribution in [0.3, 0.4) is 0 Å². The highest BCUT2D eigenvalue weighted by molar-refractivity contribution is 7.13. The van der Waals surface area contributed by atoms with E-state index in [0.29, 0.717) is 30.8 Å². The fourth-order valence-corrected chi connectivity index (χ4v) is 7.47. The van der Waals surface area contributed by atoms with Crippen LogP contribution in [0.2, 0.25) is 0 Å². The number of hydrogen-bond donors (Lipinski definition) is 1. The molecule has 0 unspecified atom stereocenters. The van der Waals surface area contributed by atoms with E-state index in [4.69, 9.17) is 0 Å². The fraction of sp³-hybridized carbons (Fsp3) is 0.571. The smallest absolute Gasteiger partial charge is 0.264 e. The molecule has 4 heterocycles. The molecule has 2 aromatic rings. The van der Waals surface area contributed by atoms with E-state index in [1.54, 1.807) is 11.3 Å². The maximum atomic E-state index is 13.7. The van der Waals surface area contributed by atoms with Gasteiger partial charge in [0.15, 0.2) is 0 Å². The van der Waals surface area contributed by atoms with Gasteiger partial charge >= 0.3 is 0 Å². The maximum absolute atomic E-state index is 13.7. The summed E-state index contributed by atoms with van der Waals surface area (Å²) in [6.45, 7) is 5.94. The quantitative estimate of drug-likeness (QED) is 0.617. The van der Waals surface area contributed by atoms with Crippen molar-refractivity contribution in [1.29, 1.82) is 0 Å². The number of nitrogens with zero attached hydrogens (tertiary/aromatic N) is 2. The number of thiophene rings is 1. The molecule has 0 spiro atoms. The van der Waals surface area contributed by atoms with Crippen molar-refractivity contribution in [2.75, 3.05) is 19.6 Å². The molecule has 3 aliphatic rings. The number of likely N-dealkylation sites (tertiary alicyclic amines) is 1. The second-order valence-electron chi connectivity index (χ2n) is 10.3. The Morgan fingerprint density at radius 2 is 1.85 bits per heavy atom. The van der Waals surface area contributed by atoms with Crippen molar-refractivity contribution in [3.05, 3.63) is 57.8 Å². The molecule has 0 bridgehead atoms. The second-order valence-corrected chi connectivity index (χ2v) is 11.6. The largest absolute Gasteiger partial charge is 0.352 e. The Kier molecular flexibility index (Phi) is 7.35. The molecule has 4 atom stereocenters. The minimum atomic E-state index is 0.104. The highest BCUT2D eigenvalue weighted by atomic mass is 32.1. The topological polar surface area (TPSA) is 52.7 Å². The zero-order valence-electron chi connectivity index (χ0n) is 20.2. The van der Waals surface area contributed by atoms with E-state index in [1.165, 1.54) is 43.6 Å². The molecule has 3 aliphatic heterocycles. The Morgan fingerprint density at radius 1 is 1.06 bits per heavy atom. The molecular weight excluding hydrogens is 442 g/mol. The predicted octanol–water partition coefficient (Wildman–Crippen LogP) is 4.86. The molecular formula is C28H37N3O2S. The zero-order chi connectivity index (χ0) is 23.5. The van der Waals surface area contributed by atoms with E-state index in [9.17, 15) is 9.59 Å². The SMILES string of the molecule is Cc1ccc(C(=O)N2C[C@@H]3CCCN4CCC[C@@H]([C@H]34)[C@H]2CCCC(=O)NCc2ccccc2)s1. The lowest BCUT2D eigenvalue weighted by molar-refractivity contribution is -0.121. The van der Waals surface area contributed by atoms with Crippen LogP contribution >= 0.6 is 11.3 Å². The van der Waals surface area contributed by atoms with Crippen LogP contribution in [0.1, 0.15) is 65.1 Å². The summed E-state index contributed by atoms with van der Waals surface area (Å²) in [6, 6.07) is 15.0. The van der Waals surface area contributed by atoms with E-state index in [1.807, 2.05) is 36.4 Å². The van der Waals surface area contributed by atoms with Gasteiger partial charge in [-0.1, -0.05) is 30.3 Å². The molecule has 1 aromatic carbocycles. The molecule has 0 radical (unpaired) electrons. The van der Waals surface area contributed by atoms with E-state index in [0.717, 1.165) is 29.8 Å². The third-order valence-corrected chi connectivity index (χ3v) is 9.11. The van der Waals surface area contributed by atoms with Crippen molar-refractivity contribution in [2.24, 2.45) is 11.8 Å². The first-order valence-corrected chi connectivity index (χ1v) is 13.8. The molecule has 2 amide bonds. The highest BCUT2D eigenvalue weighted by Gasteiger charge is 2.49. The Balaban J connectivity index is 1.26. The van der Waals surface area contributed by atoms with Gasteiger partial charge in [0.1, 0.15) is 0 Å². The molecule has 182 valence electrons. The minimum absolute atomic E-state index is 0.104. The van der Waals surface area contributed by atoms with E-state index in [-0.39, 0.29) is 17.9 Å². The lowest BCUT2D eigenvalue weighted by Crippen LogP contribution is -2.65. The fourth-order valence-electron chi connectivity index (χ4n) is 6.65. The molecule has 3 saturated heterocycles. The summed E-state index contributed by atoms with van der Waals surface area (Å²) in [6.07, 6.45) is 7.18. The van der Waals surface area contributed by atoms with Gasteiger partial charge in [-0.3, -0.25) is 14.5 Å². The number of piperidine rings is 3. The standard InChI is InChI=1S/C28H37N3O2S/c1-20-14-15-25(34-20)28(33)31-19-22-10-6-16-30-17-7-11-23(27(22)30)24(31)12-5-13-26(32)29-18-21-8-3-2-4-9-21/h2-4,8-9,14-15,22-24,27H,5-7,10-13,16-19H2,1H3,(H,29,32)/t22-,23+,24+,27-/m0/s1. The molecule has 34 heavy (non-hydrogen) atoms. The van der Waals surface area contributed by atoms with Gasteiger partial charge in [0, 0.05) is 36.5 Å². The third-order valence-electron chi connectivity index (χ3n) is 8.12. The average molecular weight is 480 g/mol. The summed E-state index contributed by atoms with van der Waals surface area (Å²) in [5, 5.41) is 3.06. The van der Waals surface area contributed by atoms with E-state index < -0.39 is 0 Å². The van der Waals surface area contributed by atoms with Crippen molar-refractivity contribution in [3.63, 3.8) is 0 Å². The molecule has 6 heteroatoms. The van der Waals surface area contributed by atoms with E-state index >= 15 is 0 Å². The summed E-state index contributed by atoms with van der Waals surface area (Å²) in [4.78, 5) is 33.2. The van der Waals surface area contributed by atoms with Crippen molar-refractivity contribution in [3.8, 4) is 0 Å². The summed E-state index contributed by atoms with van der Waals surface area (Å²) >= 11 is 1.61. The molecule has 5 nitrogen and oxygen atoms in total. The third kappa shape index (κ3) is 5.08. The van der Waals surface area contributed by atoms with Crippen LogP contribution in [0.25, 0.3) is 0 Å². The van der Waals surface area contributed by atoms with Crippen LogP contribution in [0.15, 0.2) is 42.5 Å². The monoisotopic (exact) mass is 479 g/mol. The number of amides is 2. The number of nitrogens with one attached hydrogen (secondary N) is 1. The van der Waals surface area contributed by atoms with Crippen molar-refractivity contribution in [1.82, 2.24) is 15.1 Å². The molecule has 1 N–H and O–H groups in total. The maximum Gasteiger partial charge on any atom is 0.264 e.